The van der Waals surface area contributed by atoms with E-state index in [4.69, 9.17) is 11.6 Å². The fourth-order valence-corrected chi connectivity index (χ4v) is 2.63. The van der Waals surface area contributed by atoms with E-state index in [9.17, 15) is 4.39 Å². The Labute approximate surface area is 130 Å². The summed E-state index contributed by atoms with van der Waals surface area (Å²) in [5, 5.41) is 3.96. The maximum absolute atomic E-state index is 13.1. The van der Waals surface area contributed by atoms with Crippen LogP contribution in [-0.4, -0.2) is 17.6 Å². The summed E-state index contributed by atoms with van der Waals surface area (Å²) in [5.74, 6) is -0.294. The minimum atomic E-state index is -0.294. The molecule has 0 amide bonds. The number of aryl methyl sites for hydroxylation is 1. The standard InChI is InChI=1S/C17H20ClFN2/c1-2-20-16(9-8-15-5-3-4-10-21-15)11-13-6-7-14(19)12-17(13)18/h3-7,10,12,16,20H,2,8-9,11H2,1H3. The zero-order valence-electron chi connectivity index (χ0n) is 12.2. The Balaban J connectivity index is 1.98. The van der Waals surface area contributed by atoms with Crippen LogP contribution in [0.4, 0.5) is 4.39 Å². The zero-order chi connectivity index (χ0) is 15.1. The van der Waals surface area contributed by atoms with Crippen molar-refractivity contribution in [1.29, 1.82) is 0 Å². The SMILES string of the molecule is CCNC(CCc1ccccn1)Cc1ccc(F)cc1Cl. The van der Waals surface area contributed by atoms with E-state index in [1.54, 1.807) is 6.07 Å². The smallest absolute Gasteiger partial charge is 0.124 e. The molecule has 0 aliphatic carbocycles. The molecule has 0 fully saturated rings. The molecule has 1 heterocycles. The molecule has 1 aromatic carbocycles. The van der Waals surface area contributed by atoms with Crippen LogP contribution < -0.4 is 5.32 Å². The van der Waals surface area contributed by atoms with E-state index in [-0.39, 0.29) is 5.82 Å². The Morgan fingerprint density at radius 1 is 1.29 bits per heavy atom. The normalized spacial score (nSPS) is 12.3. The number of rotatable bonds is 7. The van der Waals surface area contributed by atoms with Crippen molar-refractivity contribution in [3.8, 4) is 0 Å². The molecule has 0 aliphatic rings. The molecule has 1 N–H and O–H groups in total. The molecule has 0 spiro atoms. The summed E-state index contributed by atoms with van der Waals surface area (Å²) in [5.41, 5.74) is 2.07. The first-order chi connectivity index (χ1) is 10.2. The Morgan fingerprint density at radius 3 is 2.81 bits per heavy atom. The molecular weight excluding hydrogens is 287 g/mol. The van der Waals surface area contributed by atoms with E-state index in [0.717, 1.165) is 37.1 Å². The molecule has 1 atom stereocenters. The van der Waals surface area contributed by atoms with Gasteiger partial charge in [-0.3, -0.25) is 4.98 Å². The number of pyridine rings is 1. The Morgan fingerprint density at radius 2 is 2.14 bits per heavy atom. The van der Waals surface area contributed by atoms with Crippen LogP contribution in [0.1, 0.15) is 24.6 Å². The lowest BCUT2D eigenvalue weighted by molar-refractivity contribution is 0.488. The van der Waals surface area contributed by atoms with Gasteiger partial charge in [-0.15, -0.1) is 0 Å². The van der Waals surface area contributed by atoms with Gasteiger partial charge in [0.2, 0.25) is 0 Å². The number of halogens is 2. The first-order valence-corrected chi connectivity index (χ1v) is 7.64. The van der Waals surface area contributed by atoms with Gasteiger partial charge in [-0.05, 0) is 55.6 Å². The highest BCUT2D eigenvalue weighted by Gasteiger charge is 2.12. The van der Waals surface area contributed by atoms with E-state index >= 15 is 0 Å². The molecule has 2 aromatic rings. The zero-order valence-corrected chi connectivity index (χ0v) is 12.9. The molecular formula is C17H20ClFN2. The molecule has 1 aromatic heterocycles. The number of aromatic nitrogens is 1. The van der Waals surface area contributed by atoms with Crippen LogP contribution in [0.3, 0.4) is 0 Å². The third kappa shape index (κ3) is 5.10. The summed E-state index contributed by atoms with van der Waals surface area (Å²) in [6, 6.07) is 10.9. The third-order valence-corrected chi connectivity index (χ3v) is 3.80. The van der Waals surface area contributed by atoms with Gasteiger partial charge < -0.3 is 5.32 Å². The van der Waals surface area contributed by atoms with Crippen LogP contribution in [0.15, 0.2) is 42.6 Å². The van der Waals surface area contributed by atoms with Crippen LogP contribution >= 0.6 is 11.6 Å². The van der Waals surface area contributed by atoms with Gasteiger partial charge in [0.15, 0.2) is 0 Å². The number of nitrogens with zero attached hydrogens (tertiary/aromatic N) is 1. The highest BCUT2D eigenvalue weighted by molar-refractivity contribution is 6.31. The molecule has 0 saturated carbocycles. The fraction of sp³-hybridized carbons (Fsp3) is 0.353. The highest BCUT2D eigenvalue weighted by atomic mass is 35.5. The first kappa shape index (κ1) is 15.9. The van der Waals surface area contributed by atoms with Gasteiger partial charge >= 0.3 is 0 Å². The molecule has 0 aliphatic heterocycles. The molecule has 4 heteroatoms. The van der Waals surface area contributed by atoms with Crippen molar-refractivity contribution >= 4 is 11.6 Å². The number of benzene rings is 1. The van der Waals surface area contributed by atoms with Crippen molar-refractivity contribution in [2.45, 2.75) is 32.2 Å². The second kappa shape index (κ2) is 8.11. The number of nitrogens with one attached hydrogen (secondary N) is 1. The monoisotopic (exact) mass is 306 g/mol. The fourth-order valence-electron chi connectivity index (χ4n) is 2.39. The Kier molecular flexibility index (Phi) is 6.15. The van der Waals surface area contributed by atoms with Crippen molar-refractivity contribution in [3.63, 3.8) is 0 Å². The number of hydrogen-bond acceptors (Lipinski definition) is 2. The lowest BCUT2D eigenvalue weighted by Gasteiger charge is -2.18. The Hall–Kier alpha value is -1.45. The molecule has 112 valence electrons. The Bertz CT molecular complexity index is 560. The van der Waals surface area contributed by atoms with Crippen LogP contribution in [-0.2, 0) is 12.8 Å². The summed E-state index contributed by atoms with van der Waals surface area (Å²) >= 11 is 6.11. The van der Waals surface area contributed by atoms with Crippen LogP contribution in [0, 0.1) is 5.82 Å². The van der Waals surface area contributed by atoms with Crippen LogP contribution in [0.25, 0.3) is 0 Å². The first-order valence-electron chi connectivity index (χ1n) is 7.26. The third-order valence-electron chi connectivity index (χ3n) is 3.45. The molecule has 1 unspecified atom stereocenters. The van der Waals surface area contributed by atoms with Gasteiger partial charge in [-0.1, -0.05) is 30.7 Å². The van der Waals surface area contributed by atoms with E-state index in [0.29, 0.717) is 11.1 Å². The van der Waals surface area contributed by atoms with Crippen molar-refractivity contribution in [2.24, 2.45) is 0 Å². The second-order valence-electron chi connectivity index (χ2n) is 5.05. The van der Waals surface area contributed by atoms with Gasteiger partial charge in [-0.25, -0.2) is 4.39 Å². The quantitative estimate of drug-likeness (QED) is 0.835. The lowest BCUT2D eigenvalue weighted by atomic mass is 10.0. The number of likely N-dealkylation sites (N-methyl/N-ethyl adjacent to an activating group) is 1. The largest absolute Gasteiger partial charge is 0.314 e. The topological polar surface area (TPSA) is 24.9 Å². The van der Waals surface area contributed by atoms with E-state index in [2.05, 4.69) is 17.2 Å². The summed E-state index contributed by atoms with van der Waals surface area (Å²) in [7, 11) is 0. The molecule has 0 saturated heterocycles. The highest BCUT2D eigenvalue weighted by Crippen LogP contribution is 2.20. The van der Waals surface area contributed by atoms with Crippen molar-refractivity contribution < 1.29 is 4.39 Å². The predicted molar refractivity (Wildman–Crippen MR) is 85.1 cm³/mol. The minimum absolute atomic E-state index is 0.294. The molecule has 0 radical (unpaired) electrons. The van der Waals surface area contributed by atoms with E-state index < -0.39 is 0 Å². The van der Waals surface area contributed by atoms with E-state index in [1.807, 2.05) is 24.4 Å². The summed E-state index contributed by atoms with van der Waals surface area (Å²) in [6.07, 6.45) is 4.49. The average Bonchev–Trinajstić information content (AvgIpc) is 2.49. The van der Waals surface area contributed by atoms with Crippen molar-refractivity contribution in [1.82, 2.24) is 10.3 Å². The van der Waals surface area contributed by atoms with Crippen molar-refractivity contribution in [2.75, 3.05) is 6.54 Å². The number of hydrogen-bond donors (Lipinski definition) is 1. The molecule has 2 rings (SSSR count). The minimum Gasteiger partial charge on any atom is -0.314 e. The molecule has 21 heavy (non-hydrogen) atoms. The predicted octanol–water partition coefficient (Wildman–Crippen LogP) is 4.03. The lowest BCUT2D eigenvalue weighted by Crippen LogP contribution is -2.31. The van der Waals surface area contributed by atoms with Gasteiger partial charge in [0, 0.05) is 23.0 Å². The summed E-state index contributed by atoms with van der Waals surface area (Å²) in [4.78, 5) is 4.34. The van der Waals surface area contributed by atoms with Gasteiger partial charge in [0.25, 0.3) is 0 Å². The average molecular weight is 307 g/mol. The summed E-state index contributed by atoms with van der Waals surface area (Å²) in [6.45, 7) is 2.98. The van der Waals surface area contributed by atoms with Gasteiger partial charge in [-0.2, -0.15) is 0 Å². The van der Waals surface area contributed by atoms with Crippen LogP contribution in [0.2, 0.25) is 5.02 Å². The van der Waals surface area contributed by atoms with Crippen molar-refractivity contribution in [3.05, 3.63) is 64.7 Å². The van der Waals surface area contributed by atoms with Gasteiger partial charge in [0.05, 0.1) is 0 Å². The van der Waals surface area contributed by atoms with Gasteiger partial charge in [0.1, 0.15) is 5.82 Å². The maximum Gasteiger partial charge on any atom is 0.124 e. The summed E-state index contributed by atoms with van der Waals surface area (Å²) < 4.78 is 13.1. The van der Waals surface area contributed by atoms with Crippen LogP contribution in [0.5, 0.6) is 0 Å². The maximum atomic E-state index is 13.1. The van der Waals surface area contributed by atoms with E-state index in [1.165, 1.54) is 12.1 Å². The second-order valence-corrected chi connectivity index (χ2v) is 5.46. The molecule has 2 nitrogen and oxygen atoms in total. The molecule has 0 bridgehead atoms.